The molecule has 0 N–H and O–H groups in total. The van der Waals surface area contributed by atoms with Gasteiger partial charge in [-0.3, -0.25) is 4.79 Å². The largest absolute Gasteiger partial charge is 0.336 e. The van der Waals surface area contributed by atoms with Crippen molar-refractivity contribution in [3.8, 4) is 0 Å². The topological polar surface area (TPSA) is 20.3 Å². The summed E-state index contributed by atoms with van der Waals surface area (Å²) in [7, 11) is 0. The second kappa shape index (κ2) is 5.70. The van der Waals surface area contributed by atoms with E-state index in [4.69, 9.17) is 11.6 Å². The molecule has 1 aliphatic rings. The predicted molar refractivity (Wildman–Crippen MR) is 70.4 cm³/mol. The van der Waals surface area contributed by atoms with Gasteiger partial charge in [0.1, 0.15) is 5.82 Å². The predicted octanol–water partition coefficient (Wildman–Crippen LogP) is 3.88. The van der Waals surface area contributed by atoms with Gasteiger partial charge in [0.2, 0.25) is 0 Å². The Balaban J connectivity index is 2.26. The highest BCUT2D eigenvalue weighted by Crippen LogP contribution is 2.24. The third-order valence-electron chi connectivity index (χ3n) is 3.52. The van der Waals surface area contributed by atoms with Crippen LogP contribution in [0.5, 0.6) is 0 Å². The van der Waals surface area contributed by atoms with E-state index < -0.39 is 5.82 Å². The minimum atomic E-state index is -0.496. The fourth-order valence-corrected chi connectivity index (χ4v) is 2.68. The Kier molecular flexibility index (Phi) is 4.23. The third-order valence-corrected chi connectivity index (χ3v) is 3.75. The third kappa shape index (κ3) is 2.66. The van der Waals surface area contributed by atoms with E-state index in [-0.39, 0.29) is 17.5 Å². The smallest absolute Gasteiger partial charge is 0.257 e. The Bertz CT molecular complexity index is 449. The van der Waals surface area contributed by atoms with E-state index in [2.05, 4.69) is 6.92 Å². The van der Waals surface area contributed by atoms with E-state index in [0.717, 1.165) is 25.7 Å². The average molecular weight is 270 g/mol. The number of carbonyl (C=O) groups is 1. The van der Waals surface area contributed by atoms with E-state index >= 15 is 0 Å². The summed E-state index contributed by atoms with van der Waals surface area (Å²) >= 11 is 5.83. The van der Waals surface area contributed by atoms with Crippen LogP contribution in [0.15, 0.2) is 18.2 Å². The molecule has 1 heterocycles. The van der Waals surface area contributed by atoms with Gasteiger partial charge in [0.25, 0.3) is 5.91 Å². The number of benzene rings is 1. The lowest BCUT2D eigenvalue weighted by atomic mass is 9.99. The fraction of sp³-hybridized carbons (Fsp3) is 0.500. The molecule has 0 radical (unpaired) electrons. The van der Waals surface area contributed by atoms with Gasteiger partial charge in [0.15, 0.2) is 0 Å². The van der Waals surface area contributed by atoms with Crippen molar-refractivity contribution in [1.29, 1.82) is 0 Å². The molecular formula is C14H17ClFNO. The molecule has 1 amide bonds. The second-order valence-corrected chi connectivity index (χ2v) is 5.12. The summed E-state index contributed by atoms with van der Waals surface area (Å²) < 4.78 is 13.7. The first kappa shape index (κ1) is 13.3. The zero-order valence-electron chi connectivity index (χ0n) is 10.5. The highest BCUT2D eigenvalue weighted by molar-refractivity contribution is 6.31. The van der Waals surface area contributed by atoms with Crippen molar-refractivity contribution in [3.63, 3.8) is 0 Å². The number of likely N-dealkylation sites (tertiary alicyclic amines) is 1. The summed E-state index contributed by atoms with van der Waals surface area (Å²) in [6.07, 6.45) is 4.04. The van der Waals surface area contributed by atoms with Crippen LogP contribution in [0.3, 0.4) is 0 Å². The summed E-state index contributed by atoms with van der Waals surface area (Å²) in [6, 6.07) is 4.35. The van der Waals surface area contributed by atoms with E-state index in [1.807, 2.05) is 0 Å². The molecule has 1 unspecified atom stereocenters. The Hall–Kier alpha value is -1.09. The molecule has 2 nitrogen and oxygen atoms in total. The van der Waals surface area contributed by atoms with Gasteiger partial charge in [-0.15, -0.1) is 0 Å². The van der Waals surface area contributed by atoms with E-state index in [9.17, 15) is 9.18 Å². The molecule has 0 aliphatic carbocycles. The zero-order valence-corrected chi connectivity index (χ0v) is 11.2. The van der Waals surface area contributed by atoms with Crippen molar-refractivity contribution in [2.45, 2.75) is 38.6 Å². The SMILES string of the molecule is CCC1CCCCN1C(=O)c1cc(Cl)ccc1F. The first-order chi connectivity index (χ1) is 8.63. The Morgan fingerprint density at radius 1 is 1.50 bits per heavy atom. The average Bonchev–Trinajstić information content (AvgIpc) is 2.40. The van der Waals surface area contributed by atoms with Crippen LogP contribution in [-0.2, 0) is 0 Å². The van der Waals surface area contributed by atoms with E-state index in [1.165, 1.54) is 18.2 Å². The lowest BCUT2D eigenvalue weighted by Crippen LogP contribution is -2.43. The van der Waals surface area contributed by atoms with Crippen molar-refractivity contribution in [2.75, 3.05) is 6.54 Å². The molecule has 0 spiro atoms. The molecule has 1 atom stereocenters. The van der Waals surface area contributed by atoms with Crippen LogP contribution in [0, 0.1) is 5.82 Å². The minimum absolute atomic E-state index is 0.0860. The molecule has 0 aromatic heterocycles. The number of nitrogens with zero attached hydrogens (tertiary/aromatic N) is 1. The number of amides is 1. The summed E-state index contributed by atoms with van der Waals surface area (Å²) in [4.78, 5) is 14.2. The van der Waals surface area contributed by atoms with Crippen molar-refractivity contribution in [3.05, 3.63) is 34.6 Å². The molecule has 0 bridgehead atoms. The molecule has 98 valence electrons. The van der Waals surface area contributed by atoms with Crippen LogP contribution in [0.4, 0.5) is 4.39 Å². The lowest BCUT2D eigenvalue weighted by molar-refractivity contribution is 0.0603. The first-order valence-corrected chi connectivity index (χ1v) is 6.77. The number of hydrogen-bond donors (Lipinski definition) is 0. The highest BCUT2D eigenvalue weighted by Gasteiger charge is 2.27. The maximum Gasteiger partial charge on any atom is 0.257 e. The zero-order chi connectivity index (χ0) is 13.1. The lowest BCUT2D eigenvalue weighted by Gasteiger charge is -2.35. The van der Waals surface area contributed by atoms with Crippen LogP contribution in [-0.4, -0.2) is 23.4 Å². The van der Waals surface area contributed by atoms with Crippen LogP contribution in [0.25, 0.3) is 0 Å². The Labute approximate surface area is 112 Å². The maximum absolute atomic E-state index is 13.7. The van der Waals surface area contributed by atoms with Crippen LogP contribution in [0.1, 0.15) is 43.0 Å². The summed E-state index contributed by atoms with van der Waals surface area (Å²) in [6.45, 7) is 2.77. The van der Waals surface area contributed by atoms with Crippen LogP contribution < -0.4 is 0 Å². The quantitative estimate of drug-likeness (QED) is 0.798. The van der Waals surface area contributed by atoms with E-state index in [1.54, 1.807) is 4.90 Å². The standard InChI is InChI=1S/C14H17ClFNO/c1-2-11-5-3-4-8-17(11)14(18)12-9-10(15)6-7-13(12)16/h6-7,9,11H,2-5,8H2,1H3. The van der Waals surface area contributed by atoms with Gasteiger partial charge in [-0.2, -0.15) is 0 Å². The summed E-state index contributed by atoms with van der Waals surface area (Å²) in [5, 5.41) is 0.393. The second-order valence-electron chi connectivity index (χ2n) is 4.68. The van der Waals surface area contributed by atoms with Crippen molar-refractivity contribution >= 4 is 17.5 Å². The fourth-order valence-electron chi connectivity index (χ4n) is 2.51. The van der Waals surface area contributed by atoms with Crippen LogP contribution in [0.2, 0.25) is 5.02 Å². The first-order valence-electron chi connectivity index (χ1n) is 6.39. The Morgan fingerprint density at radius 3 is 3.00 bits per heavy atom. The van der Waals surface area contributed by atoms with Gasteiger partial charge in [-0.1, -0.05) is 18.5 Å². The number of carbonyl (C=O) groups excluding carboxylic acids is 1. The molecular weight excluding hydrogens is 253 g/mol. The Morgan fingerprint density at radius 2 is 2.28 bits per heavy atom. The normalized spacial score (nSPS) is 19.9. The maximum atomic E-state index is 13.7. The van der Waals surface area contributed by atoms with E-state index in [0.29, 0.717) is 11.6 Å². The summed E-state index contributed by atoms with van der Waals surface area (Å²) in [5.74, 6) is -0.730. The molecule has 1 fully saturated rings. The van der Waals surface area contributed by atoms with Crippen molar-refractivity contribution < 1.29 is 9.18 Å². The molecule has 2 rings (SSSR count). The van der Waals surface area contributed by atoms with Gasteiger partial charge in [-0.25, -0.2) is 4.39 Å². The molecule has 4 heteroatoms. The van der Waals surface area contributed by atoms with Gasteiger partial charge in [-0.05, 0) is 43.9 Å². The molecule has 1 aliphatic heterocycles. The van der Waals surface area contributed by atoms with Gasteiger partial charge in [0, 0.05) is 17.6 Å². The number of piperidine rings is 1. The van der Waals surface area contributed by atoms with Crippen molar-refractivity contribution in [2.24, 2.45) is 0 Å². The van der Waals surface area contributed by atoms with Gasteiger partial charge >= 0.3 is 0 Å². The number of hydrogen-bond acceptors (Lipinski definition) is 1. The molecule has 1 aromatic rings. The monoisotopic (exact) mass is 269 g/mol. The molecule has 1 saturated heterocycles. The van der Waals surface area contributed by atoms with Gasteiger partial charge in [0.05, 0.1) is 5.56 Å². The van der Waals surface area contributed by atoms with Crippen LogP contribution >= 0.6 is 11.6 Å². The highest BCUT2D eigenvalue weighted by atomic mass is 35.5. The number of rotatable bonds is 2. The molecule has 0 saturated carbocycles. The number of halogens is 2. The summed E-state index contributed by atoms with van der Waals surface area (Å²) in [5.41, 5.74) is 0.0860. The molecule has 18 heavy (non-hydrogen) atoms. The van der Waals surface area contributed by atoms with Crippen molar-refractivity contribution in [1.82, 2.24) is 4.90 Å². The molecule has 1 aromatic carbocycles. The van der Waals surface area contributed by atoms with Gasteiger partial charge < -0.3 is 4.90 Å². The minimum Gasteiger partial charge on any atom is -0.336 e.